The van der Waals surface area contributed by atoms with Crippen molar-refractivity contribution in [2.75, 3.05) is 26.2 Å². The van der Waals surface area contributed by atoms with E-state index in [4.69, 9.17) is 0 Å². The predicted molar refractivity (Wildman–Crippen MR) is 87.5 cm³/mol. The zero-order chi connectivity index (χ0) is 17.6. The molecule has 0 aliphatic carbocycles. The van der Waals surface area contributed by atoms with E-state index < -0.39 is 0 Å². The molecular weight excluding hydrogens is 322 g/mol. The van der Waals surface area contributed by atoms with E-state index >= 15 is 0 Å². The summed E-state index contributed by atoms with van der Waals surface area (Å²) < 4.78 is 0. The largest absolute Gasteiger partial charge is 0.337 e. The fraction of sp³-hybridized carbons (Fsp3) is 0.588. The van der Waals surface area contributed by atoms with Gasteiger partial charge in [-0.2, -0.15) is 0 Å². The van der Waals surface area contributed by atoms with Gasteiger partial charge in [-0.25, -0.2) is 9.78 Å². The second kappa shape index (κ2) is 5.79. The Morgan fingerprint density at radius 2 is 2.04 bits per heavy atom. The summed E-state index contributed by atoms with van der Waals surface area (Å²) in [5, 5.41) is 0. The van der Waals surface area contributed by atoms with Crippen LogP contribution in [0.2, 0.25) is 0 Å². The highest BCUT2D eigenvalue weighted by atomic mass is 16.2. The van der Waals surface area contributed by atoms with Crippen molar-refractivity contribution in [1.82, 2.24) is 24.7 Å². The first kappa shape index (κ1) is 16.0. The number of aromatic nitrogens is 2. The number of fused-ring (bicyclic) bond motifs is 1. The molecule has 1 aromatic heterocycles. The summed E-state index contributed by atoms with van der Waals surface area (Å²) in [7, 11) is 0. The normalized spacial score (nSPS) is 25.0. The zero-order valence-electron chi connectivity index (χ0n) is 14.2. The van der Waals surface area contributed by atoms with Crippen LogP contribution >= 0.6 is 0 Å². The van der Waals surface area contributed by atoms with Crippen LogP contribution in [0.3, 0.4) is 0 Å². The first-order valence-electron chi connectivity index (χ1n) is 8.72. The molecule has 25 heavy (non-hydrogen) atoms. The SMILES string of the molecule is CCN1C(=O)C2CC3(CCN(C(=O)c4cnccn4)CC3)CN2C1=O. The van der Waals surface area contributed by atoms with Crippen molar-refractivity contribution in [2.45, 2.75) is 32.2 Å². The van der Waals surface area contributed by atoms with Crippen LogP contribution in [0, 0.1) is 5.41 Å². The van der Waals surface area contributed by atoms with Gasteiger partial charge in [0.2, 0.25) is 0 Å². The van der Waals surface area contributed by atoms with Gasteiger partial charge in [0.15, 0.2) is 0 Å². The molecule has 1 atom stereocenters. The number of carbonyl (C=O) groups excluding carboxylic acids is 3. The number of urea groups is 1. The van der Waals surface area contributed by atoms with Crippen LogP contribution in [0.1, 0.15) is 36.7 Å². The minimum Gasteiger partial charge on any atom is -0.337 e. The van der Waals surface area contributed by atoms with Crippen LogP contribution in [0.4, 0.5) is 4.79 Å². The van der Waals surface area contributed by atoms with Crippen LogP contribution < -0.4 is 0 Å². The standard InChI is InChI=1S/C17H21N5O3/c1-2-21-15(24)13-9-17(11-22(13)16(21)25)3-7-20(8-4-17)14(23)12-10-18-5-6-19-12/h5-6,10,13H,2-4,7-9,11H2,1H3. The second-order valence-corrected chi connectivity index (χ2v) is 7.10. The van der Waals surface area contributed by atoms with Crippen LogP contribution in [0.15, 0.2) is 18.6 Å². The van der Waals surface area contributed by atoms with Crippen LogP contribution in [0.5, 0.6) is 0 Å². The third-order valence-electron chi connectivity index (χ3n) is 5.75. The van der Waals surface area contributed by atoms with Gasteiger partial charge in [0, 0.05) is 38.6 Å². The maximum Gasteiger partial charge on any atom is 0.327 e. The molecule has 0 radical (unpaired) electrons. The van der Waals surface area contributed by atoms with Gasteiger partial charge in [0.25, 0.3) is 11.8 Å². The lowest BCUT2D eigenvalue weighted by Gasteiger charge is -2.39. The summed E-state index contributed by atoms with van der Waals surface area (Å²) in [4.78, 5) is 50.1. The predicted octanol–water partition coefficient (Wildman–Crippen LogP) is 0.755. The molecule has 3 aliphatic rings. The molecule has 0 aromatic carbocycles. The highest BCUT2D eigenvalue weighted by Crippen LogP contribution is 2.46. The number of likely N-dealkylation sites (tertiary alicyclic amines) is 1. The molecule has 1 unspecified atom stereocenters. The Labute approximate surface area is 145 Å². The number of nitrogens with zero attached hydrogens (tertiary/aromatic N) is 5. The highest BCUT2D eigenvalue weighted by Gasteiger charge is 2.56. The number of piperidine rings is 1. The fourth-order valence-corrected chi connectivity index (χ4v) is 4.32. The van der Waals surface area contributed by atoms with Crippen molar-refractivity contribution < 1.29 is 14.4 Å². The summed E-state index contributed by atoms with van der Waals surface area (Å²) >= 11 is 0. The summed E-state index contributed by atoms with van der Waals surface area (Å²) in [6, 6.07) is -0.470. The van der Waals surface area contributed by atoms with E-state index in [-0.39, 0.29) is 29.3 Å². The molecule has 132 valence electrons. The third kappa shape index (κ3) is 2.47. The second-order valence-electron chi connectivity index (χ2n) is 7.10. The molecule has 3 saturated heterocycles. The number of hydrogen-bond acceptors (Lipinski definition) is 5. The molecule has 4 rings (SSSR count). The van der Waals surface area contributed by atoms with Crippen LogP contribution in [-0.4, -0.2) is 74.7 Å². The van der Waals surface area contributed by atoms with E-state index in [0.717, 1.165) is 12.8 Å². The molecule has 4 amide bonds. The van der Waals surface area contributed by atoms with Crippen molar-refractivity contribution in [3.8, 4) is 0 Å². The van der Waals surface area contributed by atoms with Gasteiger partial charge >= 0.3 is 6.03 Å². The van der Waals surface area contributed by atoms with Gasteiger partial charge in [-0.15, -0.1) is 0 Å². The number of rotatable bonds is 2. The lowest BCUT2D eigenvalue weighted by molar-refractivity contribution is -0.128. The molecule has 0 saturated carbocycles. The number of hydrogen-bond donors (Lipinski definition) is 0. The number of likely N-dealkylation sites (N-methyl/N-ethyl adjacent to an activating group) is 1. The van der Waals surface area contributed by atoms with Crippen LogP contribution in [-0.2, 0) is 4.79 Å². The Morgan fingerprint density at radius 1 is 1.28 bits per heavy atom. The number of carbonyl (C=O) groups is 3. The molecule has 1 aromatic rings. The van der Waals surface area contributed by atoms with Crippen molar-refractivity contribution >= 4 is 17.8 Å². The quantitative estimate of drug-likeness (QED) is 0.740. The zero-order valence-corrected chi connectivity index (χ0v) is 14.2. The third-order valence-corrected chi connectivity index (χ3v) is 5.75. The summed E-state index contributed by atoms with van der Waals surface area (Å²) in [5.74, 6) is -0.173. The van der Waals surface area contributed by atoms with Crippen molar-refractivity contribution in [2.24, 2.45) is 5.41 Å². The molecule has 0 bridgehead atoms. The molecule has 8 nitrogen and oxygen atoms in total. The Hall–Kier alpha value is -2.51. The highest BCUT2D eigenvalue weighted by molar-refractivity contribution is 6.04. The molecular formula is C17H21N5O3. The van der Waals surface area contributed by atoms with Gasteiger partial charge in [0.1, 0.15) is 11.7 Å². The van der Waals surface area contributed by atoms with Gasteiger partial charge in [-0.1, -0.05) is 0 Å². The van der Waals surface area contributed by atoms with Crippen molar-refractivity contribution in [3.63, 3.8) is 0 Å². The molecule has 8 heteroatoms. The lowest BCUT2D eigenvalue weighted by atomic mass is 9.76. The maximum absolute atomic E-state index is 12.5. The van der Waals surface area contributed by atoms with E-state index in [1.54, 1.807) is 16.0 Å². The van der Waals surface area contributed by atoms with Gasteiger partial charge in [-0.3, -0.25) is 19.5 Å². The summed E-state index contributed by atoms with van der Waals surface area (Å²) in [5.41, 5.74) is 0.309. The van der Waals surface area contributed by atoms with E-state index in [2.05, 4.69) is 9.97 Å². The Kier molecular flexibility index (Phi) is 3.70. The Morgan fingerprint density at radius 3 is 2.64 bits per heavy atom. The topological polar surface area (TPSA) is 86.7 Å². The van der Waals surface area contributed by atoms with Gasteiger partial charge < -0.3 is 9.80 Å². The van der Waals surface area contributed by atoms with E-state index in [0.29, 0.717) is 38.3 Å². The minimum absolute atomic E-state index is 0.0467. The smallest absolute Gasteiger partial charge is 0.327 e. The Balaban J connectivity index is 1.42. The summed E-state index contributed by atoms with van der Waals surface area (Å²) in [6.45, 7) is 4.11. The molecule has 0 N–H and O–H groups in total. The van der Waals surface area contributed by atoms with Crippen molar-refractivity contribution in [3.05, 3.63) is 24.3 Å². The van der Waals surface area contributed by atoms with E-state index in [1.807, 2.05) is 6.92 Å². The van der Waals surface area contributed by atoms with E-state index in [9.17, 15) is 14.4 Å². The lowest BCUT2D eigenvalue weighted by Crippen LogP contribution is -2.46. The number of amides is 4. The Bertz CT molecular complexity index is 688. The average Bonchev–Trinajstić information content (AvgIpc) is 3.11. The van der Waals surface area contributed by atoms with Gasteiger partial charge in [-0.05, 0) is 31.6 Å². The fourth-order valence-electron chi connectivity index (χ4n) is 4.32. The number of imide groups is 1. The van der Waals surface area contributed by atoms with E-state index in [1.165, 1.54) is 17.3 Å². The van der Waals surface area contributed by atoms with Crippen LogP contribution in [0.25, 0.3) is 0 Å². The molecule has 4 heterocycles. The van der Waals surface area contributed by atoms with Gasteiger partial charge in [0.05, 0.1) is 6.20 Å². The minimum atomic E-state index is -0.310. The first-order chi connectivity index (χ1) is 12.0. The molecule has 1 spiro atoms. The molecule has 3 aliphatic heterocycles. The maximum atomic E-state index is 12.5. The first-order valence-corrected chi connectivity index (χ1v) is 8.72. The van der Waals surface area contributed by atoms with Crippen molar-refractivity contribution in [1.29, 1.82) is 0 Å². The monoisotopic (exact) mass is 343 g/mol. The summed E-state index contributed by atoms with van der Waals surface area (Å²) in [6.07, 6.45) is 6.86. The molecule has 3 fully saturated rings. The average molecular weight is 343 g/mol.